The number of urea groups is 2. The summed E-state index contributed by atoms with van der Waals surface area (Å²) in [7, 11) is 8.40. The molecular weight excluding hydrogens is 1490 g/mol. The molecule has 10 rings (SSSR count). The number of nitro groups is 1. The van der Waals surface area contributed by atoms with Crippen LogP contribution < -0.4 is 47.7 Å². The number of ether oxygens (including phenoxy) is 4. The number of non-ortho nitro benzene ring substituents is 1. The Kier molecular flexibility index (Phi) is 30.4. The zero-order valence-corrected chi connectivity index (χ0v) is 73.2. The number of nitrogens with one attached hydrogen (secondary N) is 7. The predicted molar refractivity (Wildman–Crippen MR) is 427 cm³/mol. The van der Waals surface area contributed by atoms with E-state index < -0.39 is 117 Å². The Morgan fingerprint density at radius 1 is 0.491 bits per heavy atom. The number of benzene rings is 1. The van der Waals surface area contributed by atoms with Gasteiger partial charge in [-0.3, -0.25) is 43.7 Å². The Morgan fingerprint density at radius 3 is 1.09 bits per heavy atom. The minimum absolute atomic E-state index is 0. The standard InChI is InChI=1S/C25H41N5O5.C22H29N3O7.C17H29N3O4.C15H26N2O3.C2H6.ClH/c1-24(2,3)19(29-23(35)27-7)22(34)30-12-14-16(25(14,4)5)17(30)20(32)28-15(11-13-9-8-10-13)18(31)21(33)26-6;1-21(2,3)17(23-20(28)32-13-9-7-12(8-10-13)25(29)30)18(26)24-11-14-15(22(14,4)5)16(24)19(27)31-6;1-16(2,3)12(19-15(23)18-6)13(21)20-8-9-10(17(9,4)5)11(20)14(22)24-7;1-14(2,3)11(16)12(18)17-7-8-9(15(8,4)5)10(17)13(19)20-6;1-2;/h13-17,19H,8-12H2,1-7H3,(H,26,33)(H,28,32)(H2,27,29,35);7-10,14-17H,11H2,1-6H3,(H,23,28);9-12H,8H2,1-7H3,(H2,18,19,23);8-11H,7,16H2,1-6H3;1-2H3;1H/t14-,15?,16-,17-,19+;14-,15-,16-,17+;9-,10-,11-,12+;8-,9-,10-,11+;;/m0000../s1. The summed E-state index contributed by atoms with van der Waals surface area (Å²) in [5.74, 6) is -2.33. The van der Waals surface area contributed by atoms with E-state index in [1.54, 1.807) is 35.5 Å². The minimum Gasteiger partial charge on any atom is -0.467 e. The topological polar surface area (TPSA) is 425 Å². The molecule has 9 N–H and O–H groups in total. The van der Waals surface area contributed by atoms with Crippen molar-refractivity contribution in [2.75, 3.05) is 68.7 Å². The van der Waals surface area contributed by atoms with E-state index in [0.29, 0.717) is 50.4 Å². The maximum atomic E-state index is 13.7. The summed E-state index contributed by atoms with van der Waals surface area (Å²) in [6, 6.07) is -2.38. The number of amides is 11. The molecule has 0 bridgehead atoms. The number of esters is 3. The first-order valence-corrected chi connectivity index (χ1v) is 39.5. The van der Waals surface area contributed by atoms with Gasteiger partial charge in [0, 0.05) is 77.2 Å². The lowest BCUT2D eigenvalue weighted by atomic mass is 9.80. The smallest absolute Gasteiger partial charge is 0.413 e. The molecule has 0 spiro atoms. The molecule has 5 saturated carbocycles. The largest absolute Gasteiger partial charge is 0.467 e. The number of methoxy groups -OCH3 is 3. The van der Waals surface area contributed by atoms with Gasteiger partial charge in [-0.15, -0.1) is 12.4 Å². The number of fused-ring (bicyclic) bond motifs is 4. The molecule has 4 saturated heterocycles. The van der Waals surface area contributed by atoms with Crippen LogP contribution in [-0.2, 0) is 62.2 Å². The van der Waals surface area contributed by atoms with Gasteiger partial charge in [-0.05, 0) is 97.4 Å². The third-order valence-corrected chi connectivity index (χ3v) is 25.5. The van der Waals surface area contributed by atoms with Gasteiger partial charge < -0.3 is 81.5 Å². The lowest BCUT2D eigenvalue weighted by molar-refractivity contribution is -0.384. The Balaban J connectivity index is 0.000000274. The van der Waals surface area contributed by atoms with Crippen molar-refractivity contribution in [3.8, 4) is 5.75 Å². The lowest BCUT2D eigenvalue weighted by Crippen LogP contribution is -2.61. The monoisotopic (exact) mass is 1630 g/mol. The first-order valence-electron chi connectivity index (χ1n) is 39.5. The fraction of sp³-hybridized carbons (Fsp3) is 0.765. The number of rotatable bonds is 18. The highest BCUT2D eigenvalue weighted by molar-refractivity contribution is 6.38. The highest BCUT2D eigenvalue weighted by atomic mass is 35.5. The van der Waals surface area contributed by atoms with Gasteiger partial charge in [-0.2, -0.15) is 0 Å². The van der Waals surface area contributed by atoms with E-state index in [1.807, 2.05) is 76.2 Å². The number of carbonyl (C=O) groups is 13. The predicted octanol–water partition coefficient (Wildman–Crippen LogP) is 7.01. The minimum atomic E-state index is -0.958. The van der Waals surface area contributed by atoms with Crippen LogP contribution in [0.5, 0.6) is 5.75 Å². The van der Waals surface area contributed by atoms with Crippen LogP contribution in [0.3, 0.4) is 0 Å². The number of hydrogen-bond acceptors (Lipinski definition) is 20. The molecule has 17 atom stereocenters. The van der Waals surface area contributed by atoms with E-state index in [9.17, 15) is 72.4 Å². The zero-order valence-electron chi connectivity index (χ0n) is 72.3. The van der Waals surface area contributed by atoms with Crippen molar-refractivity contribution in [1.82, 2.24) is 56.8 Å². The first-order chi connectivity index (χ1) is 52.0. The zero-order chi connectivity index (χ0) is 86.2. The van der Waals surface area contributed by atoms with Crippen LogP contribution >= 0.6 is 12.4 Å². The molecule has 114 heavy (non-hydrogen) atoms. The second kappa shape index (κ2) is 36.0. The van der Waals surface area contributed by atoms with Crippen molar-refractivity contribution in [3.63, 3.8) is 0 Å². The van der Waals surface area contributed by atoms with Crippen molar-refractivity contribution in [2.45, 2.75) is 232 Å². The third kappa shape index (κ3) is 20.3. The second-order valence-corrected chi connectivity index (χ2v) is 38.1. The van der Waals surface area contributed by atoms with Gasteiger partial charge in [-0.1, -0.05) is 172 Å². The van der Waals surface area contributed by atoms with Crippen LogP contribution in [-0.4, -0.2) is 225 Å². The first kappa shape index (κ1) is 96.2. The summed E-state index contributed by atoms with van der Waals surface area (Å²) in [5.41, 5.74) is 3.86. The van der Waals surface area contributed by atoms with Gasteiger partial charge in [0.25, 0.3) is 11.6 Å². The van der Waals surface area contributed by atoms with Gasteiger partial charge in [0.1, 0.15) is 48.0 Å². The lowest BCUT2D eigenvalue weighted by Gasteiger charge is -2.38. The number of hydrogen-bond donors (Lipinski definition) is 8. The number of nitrogens with zero attached hydrogens (tertiary/aromatic N) is 5. The molecule has 0 radical (unpaired) electrons. The Bertz CT molecular complexity index is 3760. The molecule has 11 amide bonds. The van der Waals surface area contributed by atoms with Gasteiger partial charge in [0.15, 0.2) is 0 Å². The molecule has 33 heteroatoms. The summed E-state index contributed by atoms with van der Waals surface area (Å²) < 4.78 is 20.0. The molecule has 4 heterocycles. The molecule has 1 aromatic rings. The quantitative estimate of drug-likeness (QED) is 0.0241. The fourth-order valence-electron chi connectivity index (χ4n) is 17.6. The molecule has 9 aliphatic rings. The fourth-order valence-corrected chi connectivity index (χ4v) is 17.6. The number of halogens is 1. The summed E-state index contributed by atoms with van der Waals surface area (Å²) in [5, 5.41) is 29.0. The van der Waals surface area contributed by atoms with Crippen LogP contribution in [0, 0.1) is 107 Å². The van der Waals surface area contributed by atoms with Gasteiger partial charge in [-0.25, -0.2) is 28.8 Å². The highest BCUT2D eigenvalue weighted by Crippen LogP contribution is 2.68. The van der Waals surface area contributed by atoms with Gasteiger partial charge >= 0.3 is 36.1 Å². The number of ketones is 1. The average molecular weight is 1630 g/mol. The summed E-state index contributed by atoms with van der Waals surface area (Å²) >= 11 is 0. The SMILES string of the molecule is CC.CNC(=O)N[C@H](C(=O)N1C[C@H]2[C@@H]([C@H]1C(=O)NC(CC1CCC1)C(=O)C(=O)NC)C2(C)C)C(C)(C)C.CNC(=O)N[C@H](C(=O)N1C[C@H]2[C@@H]([C@H]1C(=O)OC)C2(C)C)C(C)(C)C.COC(=O)[C@@H]1[C@@H]2[C@H](CN1C(=O)[C@@H](N)C(C)(C)C)C2(C)C.COC(=O)[C@@H]1[C@@H]2[C@H](CN1C(=O)[C@@H](NC(=O)Oc1ccc([N+](=O)[O-])cc1)C(C)(C)C)C2(C)C.Cl. The van der Waals surface area contributed by atoms with Crippen molar-refractivity contribution < 1.29 is 86.2 Å². The van der Waals surface area contributed by atoms with Crippen molar-refractivity contribution in [2.24, 2.45) is 102 Å². The molecule has 0 aromatic heterocycles. The van der Waals surface area contributed by atoms with E-state index >= 15 is 0 Å². The molecular formula is C81H132ClN13O19. The molecule has 32 nitrogen and oxygen atoms in total. The van der Waals surface area contributed by atoms with E-state index in [2.05, 4.69) is 92.6 Å². The number of piperidine rings is 4. The number of likely N-dealkylation sites (N-methyl/N-ethyl adjacent to an activating group) is 1. The van der Waals surface area contributed by atoms with E-state index in [0.717, 1.165) is 19.3 Å². The number of Topliss-reactive ketones (excluding diaryl/α,β-unsaturated/α-hetero) is 1. The number of likely N-dealkylation sites (tertiary alicyclic amines) is 4. The maximum Gasteiger partial charge on any atom is 0.413 e. The van der Waals surface area contributed by atoms with Gasteiger partial charge in [0.05, 0.1) is 38.3 Å². The van der Waals surface area contributed by atoms with Crippen LogP contribution in [0.2, 0.25) is 0 Å². The molecule has 5 aliphatic carbocycles. The average Bonchev–Trinajstić information content (AvgIpc) is 1.55. The van der Waals surface area contributed by atoms with E-state index in [-0.39, 0.29) is 122 Å². The molecule has 642 valence electrons. The Hall–Kier alpha value is -8.42. The third-order valence-electron chi connectivity index (χ3n) is 25.5. The summed E-state index contributed by atoms with van der Waals surface area (Å²) in [6.07, 6.45) is 2.56. The Labute approximate surface area is 678 Å². The number of nitrogens with two attached hydrogens (primary N) is 1. The molecule has 9 fully saturated rings. The van der Waals surface area contributed by atoms with Crippen LogP contribution in [0.1, 0.15) is 178 Å². The normalized spacial score (nSPS) is 26.7. The van der Waals surface area contributed by atoms with Crippen molar-refractivity contribution in [1.29, 1.82) is 0 Å². The maximum absolute atomic E-state index is 13.7. The van der Waals surface area contributed by atoms with E-state index in [4.69, 9.17) is 24.7 Å². The molecule has 1 unspecified atom stereocenters. The van der Waals surface area contributed by atoms with Crippen LogP contribution in [0.15, 0.2) is 24.3 Å². The second-order valence-electron chi connectivity index (χ2n) is 38.1. The van der Waals surface area contributed by atoms with Crippen molar-refractivity contribution >= 4 is 95.4 Å². The van der Waals surface area contributed by atoms with Crippen molar-refractivity contribution in [3.05, 3.63) is 34.4 Å². The van der Waals surface area contributed by atoms with Crippen LogP contribution in [0.25, 0.3) is 0 Å². The molecule has 1 aromatic carbocycles. The van der Waals surface area contributed by atoms with Gasteiger partial charge in [0.2, 0.25) is 35.3 Å². The van der Waals surface area contributed by atoms with Crippen LogP contribution in [0.4, 0.5) is 20.1 Å². The number of nitro benzene ring substituents is 1. The summed E-state index contributed by atoms with van der Waals surface area (Å²) in [4.78, 5) is 181. The highest BCUT2D eigenvalue weighted by Gasteiger charge is 2.74. The molecule has 4 aliphatic heterocycles. The number of carbonyl (C=O) groups excluding carboxylic acids is 13. The summed E-state index contributed by atoms with van der Waals surface area (Å²) in [6.45, 7) is 45.2. The Morgan fingerprint density at radius 2 is 0.807 bits per heavy atom. The van der Waals surface area contributed by atoms with E-state index in [1.165, 1.54) is 71.6 Å².